The number of amides is 1. The van der Waals surface area contributed by atoms with E-state index < -0.39 is 0 Å². The molecule has 2 heterocycles. The lowest BCUT2D eigenvalue weighted by Gasteiger charge is -2.17. The predicted octanol–water partition coefficient (Wildman–Crippen LogP) is 1.37. The lowest BCUT2D eigenvalue weighted by Crippen LogP contribution is -2.35. The van der Waals surface area contributed by atoms with E-state index in [4.69, 9.17) is 16.3 Å². The molecule has 0 spiro atoms. The molecule has 0 saturated carbocycles. The molecule has 8 heteroatoms. The summed E-state index contributed by atoms with van der Waals surface area (Å²) < 4.78 is 6.83. The Balaban J connectivity index is 1.72. The van der Waals surface area contributed by atoms with Gasteiger partial charge in [0.05, 0.1) is 12.7 Å². The number of nitrogens with one attached hydrogen (secondary N) is 2. The van der Waals surface area contributed by atoms with Crippen LogP contribution in [0.15, 0.2) is 23.0 Å². The molecule has 1 aliphatic rings. The summed E-state index contributed by atoms with van der Waals surface area (Å²) in [6.07, 6.45) is 2.02. The summed E-state index contributed by atoms with van der Waals surface area (Å²) in [6, 6.07) is 4.89. The maximum absolute atomic E-state index is 12.5. The minimum absolute atomic E-state index is 0.0349. The number of halogens is 1. The molecule has 1 atom stereocenters. The Morgan fingerprint density at radius 2 is 2.30 bits per heavy atom. The third kappa shape index (κ3) is 3.24. The largest absolute Gasteiger partial charge is 0.496 e. The van der Waals surface area contributed by atoms with Crippen molar-refractivity contribution >= 4 is 17.5 Å². The predicted molar refractivity (Wildman–Crippen MR) is 85.0 cm³/mol. The first-order chi connectivity index (χ1) is 11.1. The van der Waals surface area contributed by atoms with Gasteiger partial charge in [-0.15, -0.1) is 0 Å². The minimum atomic E-state index is -0.234. The number of ether oxygens (including phenoxy) is 1. The van der Waals surface area contributed by atoms with Crippen molar-refractivity contribution in [3.05, 3.63) is 45.1 Å². The van der Waals surface area contributed by atoms with E-state index in [-0.39, 0.29) is 17.6 Å². The highest BCUT2D eigenvalue weighted by molar-refractivity contribution is 6.31. The molecule has 0 fully saturated rings. The van der Waals surface area contributed by atoms with E-state index in [0.717, 1.165) is 12.2 Å². The molecule has 2 aromatic rings. The van der Waals surface area contributed by atoms with Gasteiger partial charge < -0.3 is 10.1 Å². The van der Waals surface area contributed by atoms with Gasteiger partial charge in [-0.1, -0.05) is 11.6 Å². The zero-order valence-electron chi connectivity index (χ0n) is 12.6. The van der Waals surface area contributed by atoms with Crippen molar-refractivity contribution in [1.29, 1.82) is 0 Å². The number of aromatic nitrogens is 3. The number of carbonyl (C=O) groups is 1. The van der Waals surface area contributed by atoms with Gasteiger partial charge >= 0.3 is 5.69 Å². The number of aryl methyl sites for hydroxylation is 1. The Morgan fingerprint density at radius 1 is 1.48 bits per heavy atom. The van der Waals surface area contributed by atoms with Crippen molar-refractivity contribution < 1.29 is 9.53 Å². The Hall–Kier alpha value is -2.28. The maximum Gasteiger partial charge on any atom is 0.343 e. The Bertz CT molecular complexity index is 783. The second-order valence-electron chi connectivity index (χ2n) is 5.44. The summed E-state index contributed by atoms with van der Waals surface area (Å²) in [5.74, 6) is 0.972. The molecule has 0 radical (unpaired) electrons. The topological polar surface area (TPSA) is 89.0 Å². The molecular weight excluding hydrogens is 320 g/mol. The first-order valence-corrected chi connectivity index (χ1v) is 7.74. The van der Waals surface area contributed by atoms with E-state index in [1.54, 1.807) is 22.8 Å². The van der Waals surface area contributed by atoms with Gasteiger partial charge in [0.15, 0.2) is 0 Å². The first kappa shape index (κ1) is 15.6. The van der Waals surface area contributed by atoms with Crippen LogP contribution in [0.25, 0.3) is 0 Å². The summed E-state index contributed by atoms with van der Waals surface area (Å²) in [6.45, 7) is 0.530. The van der Waals surface area contributed by atoms with E-state index >= 15 is 0 Å². The normalized spacial score (nSPS) is 17.2. The number of aromatic amines is 1. The standard InChI is InChI=1S/C15H17ClN4O3/c1-23-12-4-2-9(16)8-11(12)14(21)17-10-3-5-13-18-19-15(22)20(13)7-6-10/h2,4,8,10H,3,5-7H2,1H3,(H,17,21)(H,19,22)/t10-/m0/s1. The fraction of sp³-hybridized carbons (Fsp3) is 0.400. The number of rotatable bonds is 3. The van der Waals surface area contributed by atoms with E-state index in [0.29, 0.717) is 35.7 Å². The average molecular weight is 337 g/mol. The number of carbonyl (C=O) groups excluding carboxylic acids is 1. The summed E-state index contributed by atoms with van der Waals surface area (Å²) in [5.41, 5.74) is 0.198. The van der Waals surface area contributed by atoms with Gasteiger partial charge in [0, 0.05) is 24.0 Å². The van der Waals surface area contributed by atoms with Gasteiger partial charge in [0.25, 0.3) is 5.91 Å². The van der Waals surface area contributed by atoms with Gasteiger partial charge in [-0.25, -0.2) is 9.89 Å². The fourth-order valence-corrected chi connectivity index (χ4v) is 2.94. The van der Waals surface area contributed by atoms with Crippen LogP contribution >= 0.6 is 11.6 Å². The molecule has 0 aliphatic carbocycles. The molecule has 1 amide bonds. The van der Waals surface area contributed by atoms with Crippen molar-refractivity contribution in [3.63, 3.8) is 0 Å². The number of nitrogens with zero attached hydrogens (tertiary/aromatic N) is 2. The Morgan fingerprint density at radius 3 is 3.09 bits per heavy atom. The monoisotopic (exact) mass is 336 g/mol. The van der Waals surface area contributed by atoms with Gasteiger partial charge in [-0.3, -0.25) is 9.36 Å². The van der Waals surface area contributed by atoms with Crippen molar-refractivity contribution in [1.82, 2.24) is 20.1 Å². The molecule has 0 saturated heterocycles. The van der Waals surface area contributed by atoms with Crippen molar-refractivity contribution in [2.75, 3.05) is 7.11 Å². The van der Waals surface area contributed by atoms with Crippen LogP contribution < -0.4 is 15.7 Å². The van der Waals surface area contributed by atoms with Gasteiger partial charge in [0.2, 0.25) is 0 Å². The number of H-pyrrole nitrogens is 1. The number of hydrogen-bond donors (Lipinski definition) is 2. The zero-order chi connectivity index (χ0) is 16.4. The maximum atomic E-state index is 12.5. The van der Waals surface area contributed by atoms with E-state index in [2.05, 4.69) is 15.5 Å². The van der Waals surface area contributed by atoms with Crippen LogP contribution in [-0.4, -0.2) is 33.8 Å². The quantitative estimate of drug-likeness (QED) is 0.886. The van der Waals surface area contributed by atoms with Crippen molar-refractivity contribution in [2.45, 2.75) is 31.8 Å². The van der Waals surface area contributed by atoms with Crippen LogP contribution in [0.3, 0.4) is 0 Å². The summed E-state index contributed by atoms with van der Waals surface area (Å²) >= 11 is 5.97. The second-order valence-corrected chi connectivity index (χ2v) is 5.88. The van der Waals surface area contributed by atoms with Gasteiger partial charge in [-0.05, 0) is 31.0 Å². The Labute approximate surface area is 137 Å². The van der Waals surface area contributed by atoms with Gasteiger partial charge in [-0.2, -0.15) is 5.10 Å². The molecule has 1 aromatic carbocycles. The number of benzene rings is 1. The lowest BCUT2D eigenvalue weighted by atomic mass is 10.1. The summed E-state index contributed by atoms with van der Waals surface area (Å²) in [5, 5.41) is 9.92. The fourth-order valence-electron chi connectivity index (χ4n) is 2.77. The SMILES string of the molecule is COc1ccc(Cl)cc1C(=O)N[C@H]1CCc2n[nH]c(=O)n2CC1. The molecule has 2 N–H and O–H groups in total. The average Bonchev–Trinajstić information content (AvgIpc) is 2.77. The summed E-state index contributed by atoms with van der Waals surface area (Å²) in [4.78, 5) is 24.1. The molecular formula is C15H17ClN4O3. The van der Waals surface area contributed by atoms with Gasteiger partial charge in [0.1, 0.15) is 11.6 Å². The second kappa shape index (κ2) is 6.45. The van der Waals surface area contributed by atoms with Crippen LogP contribution in [0, 0.1) is 0 Å². The molecule has 3 rings (SSSR count). The van der Waals surface area contributed by atoms with Crippen LogP contribution in [0.4, 0.5) is 0 Å². The summed E-state index contributed by atoms with van der Waals surface area (Å²) in [7, 11) is 1.51. The molecule has 1 aliphatic heterocycles. The van der Waals surface area contributed by atoms with Crippen molar-refractivity contribution in [3.8, 4) is 5.75 Å². The molecule has 7 nitrogen and oxygen atoms in total. The highest BCUT2D eigenvalue weighted by Crippen LogP contribution is 2.23. The molecule has 23 heavy (non-hydrogen) atoms. The first-order valence-electron chi connectivity index (χ1n) is 7.37. The van der Waals surface area contributed by atoms with E-state index in [9.17, 15) is 9.59 Å². The van der Waals surface area contributed by atoms with E-state index in [1.807, 2.05) is 0 Å². The molecule has 0 bridgehead atoms. The van der Waals surface area contributed by atoms with Crippen LogP contribution in [0.5, 0.6) is 5.75 Å². The number of hydrogen-bond acceptors (Lipinski definition) is 4. The third-order valence-electron chi connectivity index (χ3n) is 4.00. The van der Waals surface area contributed by atoms with Crippen LogP contribution in [0.1, 0.15) is 29.0 Å². The number of methoxy groups -OCH3 is 1. The molecule has 1 aromatic heterocycles. The third-order valence-corrected chi connectivity index (χ3v) is 4.23. The smallest absolute Gasteiger partial charge is 0.343 e. The highest BCUT2D eigenvalue weighted by Gasteiger charge is 2.22. The van der Waals surface area contributed by atoms with E-state index in [1.165, 1.54) is 7.11 Å². The zero-order valence-corrected chi connectivity index (χ0v) is 13.4. The highest BCUT2D eigenvalue weighted by atomic mass is 35.5. The van der Waals surface area contributed by atoms with Crippen molar-refractivity contribution in [2.24, 2.45) is 0 Å². The molecule has 122 valence electrons. The minimum Gasteiger partial charge on any atom is -0.496 e. The Kier molecular flexibility index (Phi) is 4.38. The number of fused-ring (bicyclic) bond motifs is 1. The lowest BCUT2D eigenvalue weighted by molar-refractivity contribution is 0.0930. The van der Waals surface area contributed by atoms with Crippen LogP contribution in [0.2, 0.25) is 5.02 Å². The van der Waals surface area contributed by atoms with Crippen LogP contribution in [-0.2, 0) is 13.0 Å². The molecule has 0 unspecified atom stereocenters.